The predicted octanol–water partition coefficient (Wildman–Crippen LogP) is 2.75. The molecule has 0 radical (unpaired) electrons. The van der Waals surface area contributed by atoms with Crippen molar-refractivity contribution in [2.24, 2.45) is 23.7 Å². The van der Waals surface area contributed by atoms with Gasteiger partial charge in [0.05, 0.1) is 23.9 Å². The zero-order valence-corrected chi connectivity index (χ0v) is 25.2. The van der Waals surface area contributed by atoms with E-state index < -0.39 is 77.9 Å². The fraction of sp³-hybridized carbons (Fsp3) is 0.897. The molecule has 4 rings (SSSR count). The van der Waals surface area contributed by atoms with E-state index in [2.05, 4.69) is 5.32 Å². The van der Waals surface area contributed by atoms with E-state index in [0.29, 0.717) is 19.3 Å². The van der Waals surface area contributed by atoms with E-state index in [4.69, 9.17) is 28.4 Å². The molecule has 0 saturated carbocycles. The normalized spacial score (nSPS) is 50.1. The maximum absolute atomic E-state index is 13.8. The Labute approximate surface area is 236 Å². The SMILES string of the molecule is CC[C@H]1OC(=O)O[C@@]1(C)[C@@H]1OC(=O)[C@H](C)C(=O)[C@H](C)[C@@H](OC2OC(C)CC(NC)C2O)C2(C)CC(C)C(O2)[C@@H]1C. The molecule has 4 aliphatic heterocycles. The second-order valence-electron chi connectivity index (χ2n) is 12.7. The van der Waals surface area contributed by atoms with Crippen LogP contribution in [0.2, 0.25) is 0 Å². The highest BCUT2D eigenvalue weighted by Gasteiger charge is 2.61. The van der Waals surface area contributed by atoms with Crippen molar-refractivity contribution in [3.8, 4) is 0 Å². The summed E-state index contributed by atoms with van der Waals surface area (Å²) >= 11 is 0. The van der Waals surface area contributed by atoms with E-state index in [9.17, 15) is 19.5 Å². The van der Waals surface area contributed by atoms with Gasteiger partial charge in [0.15, 0.2) is 17.7 Å². The van der Waals surface area contributed by atoms with Crippen molar-refractivity contribution in [2.45, 2.75) is 135 Å². The highest BCUT2D eigenvalue weighted by atomic mass is 16.8. The molecule has 0 aromatic rings. The number of carbonyl (C=O) groups is 3. The molecule has 0 amide bonds. The summed E-state index contributed by atoms with van der Waals surface area (Å²) < 4.78 is 36.5. The van der Waals surface area contributed by atoms with Crippen LogP contribution in [0, 0.1) is 23.7 Å². The molecule has 4 fully saturated rings. The van der Waals surface area contributed by atoms with Crippen LogP contribution in [0.4, 0.5) is 4.79 Å². The molecule has 0 aromatic carbocycles. The zero-order chi connectivity index (χ0) is 29.7. The Bertz CT molecular complexity index is 976. The number of nitrogens with one attached hydrogen (secondary N) is 1. The number of rotatable bonds is 5. The number of fused-ring (bicyclic) bond motifs is 2. The third-order valence-corrected chi connectivity index (χ3v) is 9.63. The van der Waals surface area contributed by atoms with Gasteiger partial charge in [0, 0.05) is 17.9 Å². The molecule has 228 valence electrons. The number of likely N-dealkylation sites (N-methyl/N-ethyl adjacent to an activating group) is 1. The van der Waals surface area contributed by atoms with Gasteiger partial charge in [-0.1, -0.05) is 27.7 Å². The summed E-state index contributed by atoms with van der Waals surface area (Å²) in [6, 6.07) is -0.246. The Morgan fingerprint density at radius 1 is 1.07 bits per heavy atom. The van der Waals surface area contributed by atoms with Gasteiger partial charge in [-0.15, -0.1) is 0 Å². The van der Waals surface area contributed by atoms with Gasteiger partial charge in [-0.05, 0) is 59.9 Å². The fourth-order valence-corrected chi connectivity index (χ4v) is 7.47. The summed E-state index contributed by atoms with van der Waals surface area (Å²) in [5, 5.41) is 14.2. The average molecular weight is 570 g/mol. The van der Waals surface area contributed by atoms with E-state index in [0.717, 1.165) is 0 Å². The van der Waals surface area contributed by atoms with Crippen molar-refractivity contribution < 1.29 is 47.9 Å². The van der Waals surface area contributed by atoms with Gasteiger partial charge in [0.2, 0.25) is 0 Å². The maximum Gasteiger partial charge on any atom is 0.509 e. The molecular formula is C29H47NO10. The van der Waals surface area contributed by atoms with Crippen LogP contribution in [0.5, 0.6) is 0 Å². The van der Waals surface area contributed by atoms with Crippen LogP contribution >= 0.6 is 0 Å². The summed E-state index contributed by atoms with van der Waals surface area (Å²) in [5.41, 5.74) is -2.21. The van der Waals surface area contributed by atoms with Crippen LogP contribution in [0.1, 0.15) is 74.7 Å². The highest BCUT2D eigenvalue weighted by Crippen LogP contribution is 2.48. The van der Waals surface area contributed by atoms with Crippen LogP contribution in [-0.4, -0.2) is 90.2 Å². The Kier molecular flexibility index (Phi) is 8.94. The lowest BCUT2D eigenvalue weighted by molar-refractivity contribution is -0.290. The smallest absolute Gasteiger partial charge is 0.457 e. The van der Waals surface area contributed by atoms with E-state index in [-0.39, 0.29) is 23.8 Å². The molecule has 4 saturated heterocycles. The number of cyclic esters (lactones) is 3. The number of Topliss-reactive ketones (excluding diaryl/α,β-unsaturated/α-hetero) is 1. The molecule has 0 aliphatic carbocycles. The Hall–Kier alpha value is -1.79. The summed E-state index contributed by atoms with van der Waals surface area (Å²) in [4.78, 5) is 39.5. The first-order chi connectivity index (χ1) is 18.7. The van der Waals surface area contributed by atoms with Crippen LogP contribution in [0.25, 0.3) is 0 Å². The number of hydrogen-bond donors (Lipinski definition) is 2. The maximum atomic E-state index is 13.8. The molecule has 4 heterocycles. The lowest BCUT2D eigenvalue weighted by Crippen LogP contribution is -2.58. The summed E-state index contributed by atoms with van der Waals surface area (Å²) in [7, 11) is 1.77. The largest absolute Gasteiger partial charge is 0.509 e. The molecule has 11 nitrogen and oxygen atoms in total. The van der Waals surface area contributed by atoms with Crippen molar-refractivity contribution in [2.75, 3.05) is 7.05 Å². The van der Waals surface area contributed by atoms with Crippen LogP contribution in [0.15, 0.2) is 0 Å². The van der Waals surface area contributed by atoms with Gasteiger partial charge in [-0.2, -0.15) is 0 Å². The fourth-order valence-electron chi connectivity index (χ4n) is 7.47. The van der Waals surface area contributed by atoms with Crippen LogP contribution < -0.4 is 5.32 Å². The zero-order valence-electron chi connectivity index (χ0n) is 25.2. The van der Waals surface area contributed by atoms with Crippen molar-refractivity contribution in [3.05, 3.63) is 0 Å². The minimum Gasteiger partial charge on any atom is -0.457 e. The lowest BCUT2D eigenvalue weighted by Gasteiger charge is -2.44. The number of ketones is 1. The summed E-state index contributed by atoms with van der Waals surface area (Å²) in [6.07, 6.45) is -4.13. The highest BCUT2D eigenvalue weighted by molar-refractivity contribution is 6.00. The van der Waals surface area contributed by atoms with Gasteiger partial charge < -0.3 is 38.8 Å². The standard InChI is InChI=1S/C29H47NO10/c1-10-19-29(8,40-27(34)36-19)24-17(6)22-13(2)12-28(7,39-22)23(15(4)20(31)16(5)25(33)37-24)38-26-21(32)18(30-9)11-14(3)35-26/h13-19,21-24,26,30,32H,10-12H2,1-9H3/t13?,14?,15-,16+,17-,18?,19+,21?,22?,23+,24+,26?,28?,29+/m0/s1. The first kappa shape index (κ1) is 31.2. The molecule has 2 bridgehead atoms. The van der Waals surface area contributed by atoms with Crippen molar-refractivity contribution >= 4 is 17.9 Å². The molecule has 0 spiro atoms. The van der Waals surface area contributed by atoms with E-state index in [1.165, 1.54) is 6.92 Å². The first-order valence-corrected chi connectivity index (χ1v) is 14.6. The second-order valence-corrected chi connectivity index (χ2v) is 12.7. The van der Waals surface area contributed by atoms with Crippen LogP contribution in [-0.2, 0) is 38.0 Å². The van der Waals surface area contributed by atoms with E-state index in [1.807, 2.05) is 34.6 Å². The summed E-state index contributed by atoms with van der Waals surface area (Å²) in [5.74, 6) is -3.41. The van der Waals surface area contributed by atoms with E-state index in [1.54, 1.807) is 20.9 Å². The monoisotopic (exact) mass is 569 g/mol. The number of ether oxygens (including phenoxy) is 6. The minimum absolute atomic E-state index is 0.0191. The van der Waals surface area contributed by atoms with Crippen molar-refractivity contribution in [1.29, 1.82) is 0 Å². The molecular weight excluding hydrogens is 522 g/mol. The lowest BCUT2D eigenvalue weighted by atomic mass is 9.76. The van der Waals surface area contributed by atoms with Gasteiger partial charge in [-0.3, -0.25) is 9.59 Å². The quantitative estimate of drug-likeness (QED) is 0.373. The van der Waals surface area contributed by atoms with Gasteiger partial charge >= 0.3 is 12.1 Å². The number of esters is 1. The molecule has 4 aliphatic rings. The van der Waals surface area contributed by atoms with Crippen LogP contribution in [0.3, 0.4) is 0 Å². The first-order valence-electron chi connectivity index (χ1n) is 14.6. The average Bonchev–Trinajstić information content (AvgIpc) is 3.38. The van der Waals surface area contributed by atoms with Gasteiger partial charge in [-0.25, -0.2) is 4.79 Å². The van der Waals surface area contributed by atoms with Gasteiger partial charge in [0.1, 0.15) is 24.2 Å². The molecule has 0 aromatic heterocycles. The second kappa shape index (κ2) is 11.5. The Morgan fingerprint density at radius 2 is 1.75 bits per heavy atom. The number of carbonyl (C=O) groups excluding carboxylic acids is 3. The molecule has 2 N–H and O–H groups in total. The topological polar surface area (TPSA) is 139 Å². The number of hydrogen-bond acceptors (Lipinski definition) is 11. The third kappa shape index (κ3) is 5.40. The van der Waals surface area contributed by atoms with Crippen molar-refractivity contribution in [3.63, 3.8) is 0 Å². The molecule has 14 atom stereocenters. The predicted molar refractivity (Wildman–Crippen MR) is 142 cm³/mol. The molecule has 40 heavy (non-hydrogen) atoms. The minimum atomic E-state index is -1.26. The Morgan fingerprint density at radius 3 is 2.38 bits per heavy atom. The molecule has 11 heteroatoms. The molecule has 7 unspecified atom stereocenters. The number of aliphatic hydroxyl groups is 1. The summed E-state index contributed by atoms with van der Waals surface area (Å²) in [6.45, 7) is 14.6. The van der Waals surface area contributed by atoms with Gasteiger partial charge in [0.25, 0.3) is 0 Å². The Balaban J connectivity index is 1.73. The number of aliphatic hydroxyl groups excluding tert-OH is 1. The van der Waals surface area contributed by atoms with E-state index >= 15 is 0 Å². The van der Waals surface area contributed by atoms with Crippen molar-refractivity contribution in [1.82, 2.24) is 5.32 Å². The third-order valence-electron chi connectivity index (χ3n) is 9.63.